The summed E-state index contributed by atoms with van der Waals surface area (Å²) in [4.78, 5) is 26.2. The van der Waals surface area contributed by atoms with E-state index in [1.807, 2.05) is 0 Å². The Morgan fingerprint density at radius 2 is 1.94 bits per heavy atom. The summed E-state index contributed by atoms with van der Waals surface area (Å²) in [5.74, 6) is 0.432. The third kappa shape index (κ3) is 2.63. The topological polar surface area (TPSA) is 54.9 Å². The van der Waals surface area contributed by atoms with E-state index in [0.29, 0.717) is 18.2 Å². The minimum atomic E-state index is -0.363. The van der Waals surface area contributed by atoms with E-state index in [0.717, 1.165) is 12.8 Å². The molecule has 5 heteroatoms. The summed E-state index contributed by atoms with van der Waals surface area (Å²) in [6, 6.07) is 0. The molecule has 1 aromatic heterocycles. The molecular formula is C12H17ClN2O2. The number of hydrogen-bond acceptors (Lipinski definition) is 2. The average Bonchev–Trinajstić information content (AvgIpc) is 2.33. The standard InChI is InChI=1S/C12H17ClN2O2/c1-8-10(13)11(16)15(12(17)14-8)7-9-5-3-2-4-6-9/h9H,2-7H2,1H3,(H,14,17). The van der Waals surface area contributed by atoms with Gasteiger partial charge in [-0.25, -0.2) is 4.79 Å². The summed E-state index contributed by atoms with van der Waals surface area (Å²) in [5, 5.41) is 0.125. The van der Waals surface area contributed by atoms with E-state index in [-0.39, 0.29) is 16.3 Å². The summed E-state index contributed by atoms with van der Waals surface area (Å²) in [5.41, 5.74) is -0.262. The van der Waals surface area contributed by atoms with E-state index in [9.17, 15) is 9.59 Å². The van der Waals surface area contributed by atoms with Crippen LogP contribution in [-0.2, 0) is 6.54 Å². The molecule has 0 bridgehead atoms. The molecule has 0 saturated heterocycles. The normalized spacial score (nSPS) is 17.3. The van der Waals surface area contributed by atoms with Gasteiger partial charge in [0.2, 0.25) is 0 Å². The van der Waals surface area contributed by atoms with Crippen LogP contribution in [0.1, 0.15) is 37.8 Å². The SMILES string of the molecule is Cc1[nH]c(=O)n(CC2CCCCC2)c(=O)c1Cl. The Morgan fingerprint density at radius 1 is 1.29 bits per heavy atom. The minimum absolute atomic E-state index is 0.125. The van der Waals surface area contributed by atoms with E-state index < -0.39 is 0 Å². The first-order valence-electron chi connectivity index (χ1n) is 6.09. The minimum Gasteiger partial charge on any atom is -0.310 e. The molecule has 94 valence electrons. The van der Waals surface area contributed by atoms with Crippen LogP contribution in [-0.4, -0.2) is 9.55 Å². The zero-order chi connectivity index (χ0) is 12.4. The lowest BCUT2D eigenvalue weighted by Crippen LogP contribution is -2.38. The molecular weight excluding hydrogens is 240 g/mol. The quantitative estimate of drug-likeness (QED) is 0.881. The predicted octanol–water partition coefficient (Wildman–Crippen LogP) is 2.08. The maximum atomic E-state index is 11.9. The molecule has 4 nitrogen and oxygen atoms in total. The smallest absolute Gasteiger partial charge is 0.310 e. The maximum absolute atomic E-state index is 11.9. The number of nitrogens with zero attached hydrogens (tertiary/aromatic N) is 1. The lowest BCUT2D eigenvalue weighted by atomic mass is 9.89. The number of aromatic amines is 1. The second kappa shape index (κ2) is 5.08. The summed E-state index contributed by atoms with van der Waals surface area (Å²) in [7, 11) is 0. The zero-order valence-corrected chi connectivity index (χ0v) is 10.7. The van der Waals surface area contributed by atoms with Crippen molar-refractivity contribution in [3.8, 4) is 0 Å². The van der Waals surface area contributed by atoms with Crippen molar-refractivity contribution in [2.24, 2.45) is 5.92 Å². The molecule has 1 aromatic rings. The van der Waals surface area contributed by atoms with Crippen molar-refractivity contribution in [1.29, 1.82) is 0 Å². The van der Waals surface area contributed by atoms with Crippen molar-refractivity contribution in [2.75, 3.05) is 0 Å². The third-order valence-electron chi connectivity index (χ3n) is 3.47. The first kappa shape index (κ1) is 12.4. The van der Waals surface area contributed by atoms with E-state index in [1.165, 1.54) is 23.8 Å². The van der Waals surface area contributed by atoms with Gasteiger partial charge in [-0.2, -0.15) is 0 Å². The van der Waals surface area contributed by atoms with Gasteiger partial charge in [-0.05, 0) is 25.7 Å². The van der Waals surface area contributed by atoms with Crippen LogP contribution in [0.15, 0.2) is 9.59 Å². The second-order valence-electron chi connectivity index (χ2n) is 4.79. The van der Waals surface area contributed by atoms with E-state index in [4.69, 9.17) is 11.6 Å². The second-order valence-corrected chi connectivity index (χ2v) is 5.17. The van der Waals surface area contributed by atoms with Crippen molar-refractivity contribution < 1.29 is 0 Å². The van der Waals surface area contributed by atoms with Crippen LogP contribution in [0.4, 0.5) is 0 Å². The molecule has 0 unspecified atom stereocenters. The van der Waals surface area contributed by atoms with Gasteiger partial charge in [0.25, 0.3) is 5.56 Å². The lowest BCUT2D eigenvalue weighted by Gasteiger charge is -2.21. The number of hydrogen-bond donors (Lipinski definition) is 1. The van der Waals surface area contributed by atoms with Crippen molar-refractivity contribution in [3.63, 3.8) is 0 Å². The summed E-state index contributed by atoms with van der Waals surface area (Å²) in [6.45, 7) is 2.13. The van der Waals surface area contributed by atoms with Crippen LogP contribution in [0, 0.1) is 12.8 Å². The third-order valence-corrected chi connectivity index (χ3v) is 3.91. The molecule has 1 saturated carbocycles. The van der Waals surface area contributed by atoms with Gasteiger partial charge in [0.15, 0.2) is 0 Å². The Morgan fingerprint density at radius 3 is 2.59 bits per heavy atom. The number of halogens is 1. The number of aryl methyl sites for hydroxylation is 1. The van der Waals surface area contributed by atoms with Crippen molar-refractivity contribution in [2.45, 2.75) is 45.6 Å². The molecule has 2 rings (SSSR count). The van der Waals surface area contributed by atoms with Crippen LogP contribution in [0.25, 0.3) is 0 Å². The number of aromatic nitrogens is 2. The molecule has 0 atom stereocenters. The molecule has 1 aliphatic carbocycles. The Hall–Kier alpha value is -1.03. The monoisotopic (exact) mass is 256 g/mol. The van der Waals surface area contributed by atoms with E-state index >= 15 is 0 Å². The average molecular weight is 257 g/mol. The Labute approximate surface area is 105 Å². The fraction of sp³-hybridized carbons (Fsp3) is 0.667. The Balaban J connectivity index is 2.29. The summed E-state index contributed by atoms with van der Waals surface area (Å²) >= 11 is 5.87. The van der Waals surface area contributed by atoms with Gasteiger partial charge in [0, 0.05) is 12.2 Å². The highest BCUT2D eigenvalue weighted by Gasteiger charge is 2.17. The molecule has 0 aromatic carbocycles. The fourth-order valence-corrected chi connectivity index (χ4v) is 2.60. The van der Waals surface area contributed by atoms with Crippen LogP contribution in [0.2, 0.25) is 5.02 Å². The van der Waals surface area contributed by atoms with E-state index in [1.54, 1.807) is 6.92 Å². The molecule has 0 spiro atoms. The molecule has 0 aliphatic heterocycles. The first-order chi connectivity index (χ1) is 8.09. The fourth-order valence-electron chi connectivity index (χ4n) is 2.45. The highest BCUT2D eigenvalue weighted by atomic mass is 35.5. The molecule has 1 aliphatic rings. The molecule has 17 heavy (non-hydrogen) atoms. The van der Waals surface area contributed by atoms with Gasteiger partial charge < -0.3 is 4.98 Å². The number of rotatable bonds is 2. The van der Waals surface area contributed by atoms with Gasteiger partial charge in [0.05, 0.1) is 0 Å². The molecule has 0 amide bonds. The maximum Gasteiger partial charge on any atom is 0.328 e. The van der Waals surface area contributed by atoms with E-state index in [2.05, 4.69) is 4.98 Å². The predicted molar refractivity (Wildman–Crippen MR) is 67.6 cm³/mol. The Bertz CT molecular complexity index is 512. The lowest BCUT2D eigenvalue weighted by molar-refractivity contribution is 0.311. The van der Waals surface area contributed by atoms with Crippen LogP contribution >= 0.6 is 11.6 Å². The van der Waals surface area contributed by atoms with Gasteiger partial charge in [-0.1, -0.05) is 30.9 Å². The number of nitrogens with one attached hydrogen (secondary N) is 1. The summed E-state index contributed by atoms with van der Waals surface area (Å²) < 4.78 is 1.24. The molecule has 0 radical (unpaired) electrons. The first-order valence-corrected chi connectivity index (χ1v) is 6.46. The summed E-state index contributed by atoms with van der Waals surface area (Å²) in [6.07, 6.45) is 5.83. The largest absolute Gasteiger partial charge is 0.328 e. The van der Waals surface area contributed by atoms with Crippen LogP contribution in [0.3, 0.4) is 0 Å². The number of H-pyrrole nitrogens is 1. The highest BCUT2D eigenvalue weighted by Crippen LogP contribution is 2.24. The molecule has 1 fully saturated rings. The zero-order valence-electron chi connectivity index (χ0n) is 9.96. The van der Waals surface area contributed by atoms with Crippen LogP contribution in [0.5, 0.6) is 0 Å². The van der Waals surface area contributed by atoms with Crippen molar-refractivity contribution in [1.82, 2.24) is 9.55 Å². The van der Waals surface area contributed by atoms with Gasteiger partial charge in [-0.3, -0.25) is 9.36 Å². The van der Waals surface area contributed by atoms with Crippen molar-refractivity contribution in [3.05, 3.63) is 31.6 Å². The van der Waals surface area contributed by atoms with Gasteiger partial charge in [-0.15, -0.1) is 0 Å². The van der Waals surface area contributed by atoms with Crippen molar-refractivity contribution >= 4 is 11.6 Å². The highest BCUT2D eigenvalue weighted by molar-refractivity contribution is 6.30. The molecule has 1 N–H and O–H groups in total. The van der Waals surface area contributed by atoms with Crippen LogP contribution < -0.4 is 11.2 Å². The Kier molecular flexibility index (Phi) is 3.72. The van der Waals surface area contributed by atoms with Gasteiger partial charge >= 0.3 is 5.69 Å². The molecule has 1 heterocycles. The van der Waals surface area contributed by atoms with Gasteiger partial charge in [0.1, 0.15) is 5.02 Å².